The molecule has 0 bridgehead atoms. The van der Waals surface area contributed by atoms with Crippen molar-refractivity contribution >= 4 is 35.6 Å². The largest absolute Gasteiger partial charge is 0.508 e. The first-order valence-corrected chi connectivity index (χ1v) is 12.9. The molecule has 12 N–H and O–H groups in total. The number of nitrogens with two attached hydrogens (primary N) is 3. The molecule has 15 nitrogen and oxygen atoms in total. The molecule has 4 unspecified atom stereocenters. The van der Waals surface area contributed by atoms with Crippen molar-refractivity contribution in [2.75, 3.05) is 13.1 Å². The number of carboxylic acid groups (broad SMARTS) is 1. The molecule has 15 heteroatoms. The molecule has 220 valence electrons. The minimum Gasteiger partial charge on any atom is -0.508 e. The highest BCUT2D eigenvalue weighted by Crippen LogP contribution is 2.13. The lowest BCUT2D eigenvalue weighted by molar-refractivity contribution is -0.142. The number of phenols is 1. The molecule has 1 aliphatic rings. The number of aromatic hydroxyl groups is 1. The first kappa shape index (κ1) is 31.8. The maximum atomic E-state index is 13.3. The number of aliphatic imine (C=N–C) groups is 1. The third-order valence-electron chi connectivity index (χ3n) is 6.26. The van der Waals surface area contributed by atoms with Crippen molar-refractivity contribution in [2.45, 2.75) is 69.1 Å². The molecule has 2 rings (SSSR count). The fourth-order valence-corrected chi connectivity index (χ4v) is 4.12. The van der Waals surface area contributed by atoms with Gasteiger partial charge in [-0.05, 0) is 56.3 Å². The van der Waals surface area contributed by atoms with Crippen molar-refractivity contribution in [2.24, 2.45) is 22.2 Å². The van der Waals surface area contributed by atoms with Crippen LogP contribution in [-0.2, 0) is 30.4 Å². The molecular formula is C25H38N8O7. The third kappa shape index (κ3) is 11.1. The number of amides is 4. The number of benzene rings is 1. The predicted molar refractivity (Wildman–Crippen MR) is 145 cm³/mol. The van der Waals surface area contributed by atoms with Gasteiger partial charge in [-0.25, -0.2) is 4.79 Å². The highest BCUT2D eigenvalue weighted by atomic mass is 16.4. The number of carboxylic acids is 1. The van der Waals surface area contributed by atoms with E-state index in [1.165, 1.54) is 12.1 Å². The SMILES string of the molecule is NC(=O)CCC(NC(=O)C1CCCN1)C(=O)NC(Cc1ccc(O)cc1)C(=O)NC(CCCN=C(N)N)C(=O)O. The summed E-state index contributed by atoms with van der Waals surface area (Å²) >= 11 is 0. The van der Waals surface area contributed by atoms with Gasteiger partial charge in [0.25, 0.3) is 0 Å². The highest BCUT2D eigenvalue weighted by molar-refractivity contribution is 5.94. The summed E-state index contributed by atoms with van der Waals surface area (Å²) in [7, 11) is 0. The van der Waals surface area contributed by atoms with Gasteiger partial charge < -0.3 is 48.7 Å². The van der Waals surface area contributed by atoms with Crippen LogP contribution >= 0.6 is 0 Å². The molecule has 1 aromatic carbocycles. The van der Waals surface area contributed by atoms with Gasteiger partial charge in [0.05, 0.1) is 6.04 Å². The first-order valence-electron chi connectivity index (χ1n) is 12.9. The average molecular weight is 563 g/mol. The molecule has 0 aliphatic carbocycles. The summed E-state index contributed by atoms with van der Waals surface area (Å²) < 4.78 is 0. The number of hydrogen-bond donors (Lipinski definition) is 9. The summed E-state index contributed by atoms with van der Waals surface area (Å²) in [4.78, 5) is 66.2. The molecule has 0 spiro atoms. The molecule has 4 atom stereocenters. The Balaban J connectivity index is 2.20. The van der Waals surface area contributed by atoms with Crippen molar-refractivity contribution in [3.8, 4) is 5.75 Å². The van der Waals surface area contributed by atoms with Crippen molar-refractivity contribution in [1.29, 1.82) is 0 Å². The van der Waals surface area contributed by atoms with E-state index in [0.29, 0.717) is 18.5 Å². The number of carbonyl (C=O) groups excluding carboxylic acids is 4. The molecule has 1 aromatic rings. The van der Waals surface area contributed by atoms with Crippen molar-refractivity contribution < 1.29 is 34.2 Å². The Kier molecular flexibility index (Phi) is 12.6. The van der Waals surface area contributed by atoms with Crippen LogP contribution in [0.5, 0.6) is 5.75 Å². The second-order valence-electron chi connectivity index (χ2n) is 9.50. The summed E-state index contributed by atoms with van der Waals surface area (Å²) in [6.07, 6.45) is 1.31. The van der Waals surface area contributed by atoms with E-state index < -0.39 is 53.8 Å². The second-order valence-corrected chi connectivity index (χ2v) is 9.50. The lowest BCUT2D eigenvalue weighted by atomic mass is 10.0. The molecular weight excluding hydrogens is 524 g/mol. The van der Waals surface area contributed by atoms with Crippen molar-refractivity contribution in [1.82, 2.24) is 21.3 Å². The van der Waals surface area contributed by atoms with Crippen LogP contribution in [0, 0.1) is 0 Å². The standard InChI is InChI=1S/C25H38N8O7/c26-20(35)10-9-17(31-21(36)16-3-1-11-29-16)22(37)33-19(13-14-5-7-15(34)8-6-14)23(38)32-18(24(39)40)4-2-12-30-25(27)28/h5-8,16-19,29,34H,1-4,9-13H2,(H2,26,35)(H,31,36)(H,32,38)(H,33,37)(H,39,40)(H4,27,28,30). The van der Waals surface area contributed by atoms with Crippen LogP contribution in [0.4, 0.5) is 0 Å². The van der Waals surface area contributed by atoms with Crippen LogP contribution in [0.1, 0.15) is 44.1 Å². The van der Waals surface area contributed by atoms with Crippen LogP contribution in [0.15, 0.2) is 29.3 Å². The van der Waals surface area contributed by atoms with E-state index >= 15 is 0 Å². The van der Waals surface area contributed by atoms with E-state index in [1.807, 2.05) is 0 Å². The first-order chi connectivity index (χ1) is 19.0. The summed E-state index contributed by atoms with van der Waals surface area (Å²) in [5.41, 5.74) is 16.4. The maximum Gasteiger partial charge on any atom is 0.326 e. The van der Waals surface area contributed by atoms with Gasteiger partial charge in [0.15, 0.2) is 5.96 Å². The minimum atomic E-state index is -1.29. The summed E-state index contributed by atoms with van der Waals surface area (Å²) in [5, 5.41) is 29.9. The summed E-state index contributed by atoms with van der Waals surface area (Å²) in [6, 6.07) is 1.69. The van der Waals surface area contributed by atoms with Gasteiger partial charge in [-0.1, -0.05) is 12.1 Å². The Morgan fingerprint density at radius 2 is 1.60 bits per heavy atom. The fraction of sp³-hybridized carbons (Fsp3) is 0.520. The molecule has 0 radical (unpaired) electrons. The number of hydrogen-bond acceptors (Lipinski definition) is 8. The third-order valence-corrected chi connectivity index (χ3v) is 6.26. The van der Waals surface area contributed by atoms with Gasteiger partial charge in [0.2, 0.25) is 23.6 Å². The second kappa shape index (κ2) is 15.9. The Hall–Kier alpha value is -4.40. The van der Waals surface area contributed by atoms with Gasteiger partial charge in [-0.3, -0.25) is 24.2 Å². The van der Waals surface area contributed by atoms with Crippen molar-refractivity contribution in [3.63, 3.8) is 0 Å². The van der Waals surface area contributed by atoms with Gasteiger partial charge in [0, 0.05) is 19.4 Å². The number of rotatable bonds is 16. The predicted octanol–water partition coefficient (Wildman–Crippen LogP) is -2.46. The normalized spacial score (nSPS) is 16.6. The number of carbonyl (C=O) groups is 5. The zero-order valence-corrected chi connectivity index (χ0v) is 22.1. The molecule has 4 amide bonds. The minimum absolute atomic E-state index is 0.00439. The number of nitrogens with one attached hydrogen (secondary N) is 4. The summed E-state index contributed by atoms with van der Waals surface area (Å²) in [6.45, 7) is 0.814. The van der Waals surface area contributed by atoms with Crippen LogP contribution in [-0.4, -0.2) is 83.0 Å². The maximum absolute atomic E-state index is 13.3. The van der Waals surface area contributed by atoms with E-state index in [-0.39, 0.29) is 50.4 Å². The average Bonchev–Trinajstić information content (AvgIpc) is 3.43. The number of phenolic OH excluding ortho intramolecular Hbond substituents is 1. The number of nitrogens with zero attached hydrogens (tertiary/aromatic N) is 1. The summed E-state index contributed by atoms with van der Waals surface area (Å²) in [5.74, 6) is -4.06. The van der Waals surface area contributed by atoms with Gasteiger partial charge in [-0.15, -0.1) is 0 Å². The lowest BCUT2D eigenvalue weighted by Crippen LogP contribution is -2.57. The fourth-order valence-electron chi connectivity index (χ4n) is 4.12. The Morgan fingerprint density at radius 3 is 2.17 bits per heavy atom. The molecule has 1 aliphatic heterocycles. The lowest BCUT2D eigenvalue weighted by Gasteiger charge is -2.25. The van der Waals surface area contributed by atoms with E-state index in [0.717, 1.165) is 6.42 Å². The van der Waals surface area contributed by atoms with Gasteiger partial charge in [0.1, 0.15) is 23.9 Å². The quantitative estimate of drug-likeness (QED) is 0.0583. The van der Waals surface area contributed by atoms with Crippen LogP contribution < -0.4 is 38.5 Å². The topological polar surface area (TPSA) is 264 Å². The molecule has 1 fully saturated rings. The van der Waals surface area contributed by atoms with Gasteiger partial charge in [-0.2, -0.15) is 0 Å². The van der Waals surface area contributed by atoms with E-state index in [1.54, 1.807) is 12.1 Å². The van der Waals surface area contributed by atoms with Crippen molar-refractivity contribution in [3.05, 3.63) is 29.8 Å². The Morgan fingerprint density at radius 1 is 0.950 bits per heavy atom. The van der Waals surface area contributed by atoms with Gasteiger partial charge >= 0.3 is 5.97 Å². The Labute approximate surface area is 231 Å². The van der Waals surface area contributed by atoms with Crippen LogP contribution in [0.25, 0.3) is 0 Å². The monoisotopic (exact) mass is 562 g/mol. The molecule has 0 aromatic heterocycles. The molecule has 1 saturated heterocycles. The van der Waals surface area contributed by atoms with Crippen LogP contribution in [0.3, 0.4) is 0 Å². The Bertz CT molecular complexity index is 1070. The molecule has 1 heterocycles. The number of primary amides is 1. The number of guanidine groups is 1. The molecule has 0 saturated carbocycles. The van der Waals surface area contributed by atoms with E-state index in [4.69, 9.17) is 17.2 Å². The van der Waals surface area contributed by atoms with Crippen LogP contribution in [0.2, 0.25) is 0 Å². The smallest absolute Gasteiger partial charge is 0.326 e. The van der Waals surface area contributed by atoms with E-state index in [2.05, 4.69) is 26.3 Å². The highest BCUT2D eigenvalue weighted by Gasteiger charge is 2.31. The molecule has 40 heavy (non-hydrogen) atoms. The zero-order valence-electron chi connectivity index (χ0n) is 22.1. The zero-order chi connectivity index (χ0) is 29.7. The number of aliphatic carboxylic acids is 1. The van der Waals surface area contributed by atoms with E-state index in [9.17, 15) is 34.2 Å².